The van der Waals surface area contributed by atoms with Crippen LogP contribution in [0.3, 0.4) is 0 Å². The highest BCUT2D eigenvalue weighted by Gasteiger charge is 2.42. The lowest BCUT2D eigenvalue weighted by Gasteiger charge is -2.33. The molecule has 2 atom stereocenters. The van der Waals surface area contributed by atoms with Gasteiger partial charge in [0.2, 0.25) is 17.7 Å². The molecule has 2 aromatic carbocycles. The Labute approximate surface area is 724 Å². The molecule has 5 N–H and O–H groups in total. The molecule has 1 aliphatic carbocycles. The number of hydrogen-bond acceptors (Lipinski definition) is 16. The Morgan fingerprint density at radius 3 is 1.14 bits per heavy atom. The molecular weight excluding hydrogens is 1540 g/mol. The summed E-state index contributed by atoms with van der Waals surface area (Å²) in [5, 5.41) is 22.0. The molecule has 1 fully saturated rings. The van der Waals surface area contributed by atoms with Gasteiger partial charge in [-0.2, -0.15) is 0 Å². The largest absolute Gasteiger partial charge is 0.480 e. The minimum absolute atomic E-state index is 0.00222. The van der Waals surface area contributed by atoms with Gasteiger partial charge in [-0.15, -0.1) is 0 Å². The van der Waals surface area contributed by atoms with Crippen molar-refractivity contribution in [1.29, 1.82) is 0 Å². The summed E-state index contributed by atoms with van der Waals surface area (Å²) in [6, 6.07) is 10.3. The molecule has 0 saturated heterocycles. The van der Waals surface area contributed by atoms with E-state index in [4.69, 9.17) is 75.3 Å². The van der Waals surface area contributed by atoms with Crippen molar-refractivity contribution in [3.8, 4) is 0 Å². The number of rotatable bonds is 87. The van der Waals surface area contributed by atoms with Crippen LogP contribution in [0.25, 0.3) is 0 Å². The van der Waals surface area contributed by atoms with Gasteiger partial charge in [0.1, 0.15) is 18.7 Å². The number of nitrogens with one attached hydrogen (secondary N) is 4. The quantitative estimate of drug-likeness (QED) is 0.0305. The summed E-state index contributed by atoms with van der Waals surface area (Å²) in [7, 11) is 4.55. The molecule has 682 valence electrons. The standard InChI is InChI=1S/C94H165Cl2N5O17/c1-5-7-9-11-13-15-17-19-21-23-25-27-29-31-33-35-37-41-59-117-81-84(118-60-42-38-36-34-32-30-28-26-24-22-20-18-16-14-12-10-8-6-2)80-101(3,4)58-44-56-97-88(102)51-61-108-63-65-110-67-69-112-71-73-114-75-77-116-78-76-115-74-72-113-70-68-111-66-64-109-62-52-89(103)98-57-55-94(53-39-40-54-94)93(107)100-87(92(105)106)79-82-47-49-83(50-48-82)99-91(104)90-85(95)45-43-46-86(90)96/h43,45-50,84,87H,5-42,44,51-81H2,1-4H3,(H4-,97,98,99,100,102,103,104,105,106,107)/p+1/t84?,87-/m0/s1. The van der Waals surface area contributed by atoms with Gasteiger partial charge >= 0.3 is 5.97 Å². The number of hydrogen-bond donors (Lipinski definition) is 5. The van der Waals surface area contributed by atoms with Gasteiger partial charge in [0.25, 0.3) is 5.91 Å². The normalized spacial score (nSPS) is 13.3. The van der Waals surface area contributed by atoms with Crippen LogP contribution in [0, 0.1) is 5.41 Å². The number of benzene rings is 2. The van der Waals surface area contributed by atoms with Crippen molar-refractivity contribution >= 4 is 58.5 Å². The number of ether oxygens (including phenoxy) is 11. The Kier molecular flexibility index (Phi) is 70.1. The number of carbonyl (C=O) groups is 5. The molecule has 1 unspecified atom stereocenters. The van der Waals surface area contributed by atoms with Crippen molar-refractivity contribution in [3.63, 3.8) is 0 Å². The molecule has 2 aromatic rings. The SMILES string of the molecule is CCCCCCCCCCCCCCCCCCCCOCC(C[N+](C)(C)CCCNC(=O)CCOCCOCCOCCOCCOCCOCCOCCOCCOCCC(=O)NCCC1(C(=O)N[C@@H](Cc2ccc(NC(=O)c3c(Cl)cccc3Cl)cc2)C(=O)O)CCCC1)OCCCCCCCCCCCCCCCCCCCC. The van der Waals surface area contributed by atoms with Crippen molar-refractivity contribution < 1.29 is 85.7 Å². The maximum absolute atomic E-state index is 13.7. The van der Waals surface area contributed by atoms with Gasteiger partial charge in [0.15, 0.2) is 0 Å². The smallest absolute Gasteiger partial charge is 0.326 e. The first-order valence-corrected chi connectivity index (χ1v) is 47.6. The molecule has 0 bridgehead atoms. The highest BCUT2D eigenvalue weighted by atomic mass is 35.5. The van der Waals surface area contributed by atoms with Crippen molar-refractivity contribution in [3.05, 3.63) is 63.6 Å². The Balaban J connectivity index is 1.09. The van der Waals surface area contributed by atoms with Crippen LogP contribution in [-0.4, -0.2) is 230 Å². The summed E-state index contributed by atoms with van der Waals surface area (Å²) < 4.78 is 64.2. The van der Waals surface area contributed by atoms with Crippen LogP contribution in [0.2, 0.25) is 10.0 Å². The highest BCUT2D eigenvalue weighted by Crippen LogP contribution is 2.41. The first kappa shape index (κ1) is 108. The lowest BCUT2D eigenvalue weighted by molar-refractivity contribution is -0.893. The molecular formula is C94H166Cl2N5O17+. The summed E-state index contributed by atoms with van der Waals surface area (Å²) in [5.74, 6) is -2.19. The number of carboxylic acids is 1. The number of unbranched alkanes of at least 4 members (excludes halogenated alkanes) is 34. The van der Waals surface area contributed by atoms with E-state index >= 15 is 0 Å². The lowest BCUT2D eigenvalue weighted by atomic mass is 9.81. The third kappa shape index (κ3) is 61.2. The van der Waals surface area contributed by atoms with Crippen molar-refractivity contribution in [2.45, 2.75) is 315 Å². The first-order valence-electron chi connectivity index (χ1n) is 46.8. The second kappa shape index (κ2) is 76.5. The predicted molar refractivity (Wildman–Crippen MR) is 477 cm³/mol. The number of likely N-dealkylation sites (N-methyl/N-ethyl adjacent to an activating group) is 1. The second-order valence-electron chi connectivity index (χ2n) is 33.0. The van der Waals surface area contributed by atoms with Gasteiger partial charge in [0.05, 0.1) is 167 Å². The summed E-state index contributed by atoms with van der Waals surface area (Å²) in [4.78, 5) is 64.2. The third-order valence-electron chi connectivity index (χ3n) is 22.1. The zero-order chi connectivity index (χ0) is 85.0. The molecule has 0 aromatic heterocycles. The van der Waals surface area contributed by atoms with E-state index in [2.05, 4.69) is 49.2 Å². The average molecular weight is 1710 g/mol. The van der Waals surface area contributed by atoms with Gasteiger partial charge in [-0.3, -0.25) is 19.2 Å². The van der Waals surface area contributed by atoms with Crippen LogP contribution in [0.4, 0.5) is 5.69 Å². The third-order valence-corrected chi connectivity index (χ3v) is 22.7. The van der Waals surface area contributed by atoms with Crippen molar-refractivity contribution in [2.24, 2.45) is 5.41 Å². The van der Waals surface area contributed by atoms with E-state index in [1.165, 1.54) is 218 Å². The molecule has 1 aliphatic rings. The molecule has 118 heavy (non-hydrogen) atoms. The first-order chi connectivity index (χ1) is 57.7. The van der Waals surface area contributed by atoms with Gasteiger partial charge in [-0.1, -0.05) is 286 Å². The number of halogens is 2. The van der Waals surface area contributed by atoms with Crippen LogP contribution >= 0.6 is 23.2 Å². The van der Waals surface area contributed by atoms with Crippen LogP contribution in [-0.2, 0) is 77.7 Å². The number of amides is 4. The van der Waals surface area contributed by atoms with Gasteiger partial charge < -0.3 is 83.0 Å². The molecule has 3 rings (SSSR count). The monoisotopic (exact) mass is 1710 g/mol. The molecule has 0 aliphatic heterocycles. The molecule has 4 amide bonds. The van der Waals surface area contributed by atoms with E-state index in [9.17, 15) is 29.1 Å². The predicted octanol–water partition coefficient (Wildman–Crippen LogP) is 19.4. The van der Waals surface area contributed by atoms with Crippen molar-refractivity contribution in [2.75, 3.05) is 184 Å². The molecule has 0 radical (unpaired) electrons. The Bertz CT molecular complexity index is 2700. The van der Waals surface area contributed by atoms with E-state index in [0.717, 1.165) is 62.9 Å². The van der Waals surface area contributed by atoms with Crippen LogP contribution in [0.5, 0.6) is 0 Å². The number of anilines is 1. The maximum Gasteiger partial charge on any atom is 0.326 e. The number of nitrogens with zero attached hydrogens (tertiary/aromatic N) is 1. The average Bonchev–Trinajstić information content (AvgIpc) is 1.67. The van der Waals surface area contributed by atoms with E-state index in [1.807, 2.05) is 0 Å². The summed E-state index contributed by atoms with van der Waals surface area (Å²) in [6.07, 6.45) is 54.2. The van der Waals surface area contributed by atoms with Crippen LogP contribution < -0.4 is 21.3 Å². The fourth-order valence-electron chi connectivity index (χ4n) is 14.9. The highest BCUT2D eigenvalue weighted by molar-refractivity contribution is 6.40. The minimum Gasteiger partial charge on any atom is -0.480 e. The van der Waals surface area contributed by atoms with E-state index < -0.39 is 23.3 Å². The maximum atomic E-state index is 13.7. The van der Waals surface area contributed by atoms with Crippen molar-refractivity contribution in [1.82, 2.24) is 16.0 Å². The number of quaternary nitrogens is 1. The molecule has 1 saturated carbocycles. The van der Waals surface area contributed by atoms with Crippen LogP contribution in [0.1, 0.15) is 312 Å². The van der Waals surface area contributed by atoms with E-state index in [-0.39, 0.29) is 65.4 Å². The Morgan fingerprint density at radius 1 is 0.424 bits per heavy atom. The van der Waals surface area contributed by atoms with E-state index in [1.54, 1.807) is 42.5 Å². The van der Waals surface area contributed by atoms with E-state index in [0.29, 0.717) is 162 Å². The topological polar surface area (TPSA) is 255 Å². The molecule has 0 heterocycles. The summed E-state index contributed by atoms with van der Waals surface area (Å²) in [6.45, 7) is 16.8. The van der Waals surface area contributed by atoms with Crippen LogP contribution in [0.15, 0.2) is 42.5 Å². The molecule has 24 heteroatoms. The Hall–Kier alpha value is -4.11. The van der Waals surface area contributed by atoms with Gasteiger partial charge in [0, 0.05) is 57.7 Å². The number of carbonyl (C=O) groups excluding carboxylic acids is 4. The zero-order valence-corrected chi connectivity index (χ0v) is 75.9. The van der Waals surface area contributed by atoms with Gasteiger partial charge in [-0.25, -0.2) is 4.79 Å². The number of carboxylic acid groups (broad SMARTS) is 1. The number of aliphatic carboxylic acids is 1. The Morgan fingerprint density at radius 2 is 0.771 bits per heavy atom. The minimum atomic E-state index is -1.18. The second-order valence-corrected chi connectivity index (χ2v) is 33.9. The van der Waals surface area contributed by atoms with Gasteiger partial charge in [-0.05, 0) is 61.9 Å². The fraction of sp³-hybridized carbons (Fsp3) is 0.819. The summed E-state index contributed by atoms with van der Waals surface area (Å²) >= 11 is 12.4. The zero-order valence-electron chi connectivity index (χ0n) is 74.4. The fourth-order valence-corrected chi connectivity index (χ4v) is 15.5. The molecule has 0 spiro atoms. The molecule has 22 nitrogen and oxygen atoms in total. The summed E-state index contributed by atoms with van der Waals surface area (Å²) in [5.41, 5.74) is 0.468. The lowest BCUT2D eigenvalue weighted by Crippen LogP contribution is -2.49.